The Morgan fingerprint density at radius 3 is 3.00 bits per heavy atom. The molecule has 0 spiro atoms. The van der Waals surface area contributed by atoms with Crippen molar-refractivity contribution in [1.82, 2.24) is 9.88 Å². The highest BCUT2D eigenvalue weighted by molar-refractivity contribution is 7.11. The van der Waals surface area contributed by atoms with Crippen LogP contribution < -0.4 is 0 Å². The Morgan fingerprint density at radius 2 is 2.26 bits per heavy atom. The normalized spacial score (nSPS) is 18.2. The van der Waals surface area contributed by atoms with Gasteiger partial charge in [0.2, 0.25) is 5.91 Å². The Balaban J connectivity index is 1.58. The van der Waals surface area contributed by atoms with E-state index in [9.17, 15) is 9.18 Å². The average molecular weight is 332 g/mol. The first-order valence-electron chi connectivity index (χ1n) is 8.07. The van der Waals surface area contributed by atoms with Gasteiger partial charge in [0.05, 0.1) is 5.01 Å². The molecule has 0 bridgehead atoms. The molecule has 1 aromatic heterocycles. The Hall–Kier alpha value is -1.75. The van der Waals surface area contributed by atoms with Crippen LogP contribution in [0.2, 0.25) is 0 Å². The summed E-state index contributed by atoms with van der Waals surface area (Å²) in [5.41, 5.74) is 0.616. The smallest absolute Gasteiger partial charge is 0.222 e. The third-order valence-corrected chi connectivity index (χ3v) is 5.40. The topological polar surface area (TPSA) is 33.2 Å². The van der Waals surface area contributed by atoms with Gasteiger partial charge in [0.1, 0.15) is 5.82 Å². The maximum absolute atomic E-state index is 13.6. The fourth-order valence-electron chi connectivity index (χ4n) is 3.07. The van der Waals surface area contributed by atoms with Crippen molar-refractivity contribution in [3.63, 3.8) is 0 Å². The number of amides is 1. The van der Waals surface area contributed by atoms with E-state index in [0.29, 0.717) is 24.3 Å². The van der Waals surface area contributed by atoms with Gasteiger partial charge in [-0.05, 0) is 37.8 Å². The molecule has 1 aliphatic heterocycles. The average Bonchev–Trinajstić information content (AvgIpc) is 3.00. The molecular formula is C18H21FN2OS. The van der Waals surface area contributed by atoms with Crippen molar-refractivity contribution in [2.45, 2.75) is 38.5 Å². The first-order chi connectivity index (χ1) is 11.1. The fourth-order valence-corrected chi connectivity index (χ4v) is 3.97. The molecule has 1 saturated heterocycles. The number of aryl methyl sites for hydroxylation is 2. The first kappa shape index (κ1) is 16.1. The highest BCUT2D eigenvalue weighted by Crippen LogP contribution is 2.30. The summed E-state index contributed by atoms with van der Waals surface area (Å²) in [5.74, 6) is 0.237. The maximum Gasteiger partial charge on any atom is 0.222 e. The zero-order valence-corrected chi connectivity index (χ0v) is 14.1. The number of hydrogen-bond donors (Lipinski definition) is 0. The quantitative estimate of drug-likeness (QED) is 0.850. The Morgan fingerprint density at radius 1 is 1.43 bits per heavy atom. The minimum absolute atomic E-state index is 0.117. The fraction of sp³-hybridized carbons (Fsp3) is 0.444. The van der Waals surface area contributed by atoms with Crippen LogP contribution in [-0.2, 0) is 11.2 Å². The highest BCUT2D eigenvalue weighted by Gasteiger charge is 2.26. The van der Waals surface area contributed by atoms with Gasteiger partial charge in [0.15, 0.2) is 0 Å². The third-order valence-electron chi connectivity index (χ3n) is 4.33. The predicted molar refractivity (Wildman–Crippen MR) is 90.1 cm³/mol. The molecule has 0 unspecified atom stereocenters. The Bertz CT molecular complexity index is 685. The number of carbonyl (C=O) groups excluding carboxylic acids is 1. The van der Waals surface area contributed by atoms with Gasteiger partial charge in [0.25, 0.3) is 0 Å². The molecule has 23 heavy (non-hydrogen) atoms. The molecule has 1 aliphatic rings. The molecule has 3 nitrogen and oxygen atoms in total. The van der Waals surface area contributed by atoms with Crippen LogP contribution in [0, 0.1) is 12.7 Å². The van der Waals surface area contributed by atoms with Gasteiger partial charge >= 0.3 is 0 Å². The van der Waals surface area contributed by atoms with Gasteiger partial charge in [-0.2, -0.15) is 0 Å². The molecule has 0 radical (unpaired) electrons. The van der Waals surface area contributed by atoms with Crippen LogP contribution >= 0.6 is 11.3 Å². The van der Waals surface area contributed by atoms with Crippen LogP contribution in [0.4, 0.5) is 4.39 Å². The van der Waals surface area contributed by atoms with E-state index in [1.807, 2.05) is 17.2 Å². The molecule has 2 aromatic rings. The number of aromatic nitrogens is 1. The van der Waals surface area contributed by atoms with Crippen molar-refractivity contribution in [2.75, 3.05) is 13.1 Å². The lowest BCUT2D eigenvalue weighted by molar-refractivity contribution is -0.132. The van der Waals surface area contributed by atoms with E-state index < -0.39 is 0 Å². The standard InChI is InChI=1S/C18H21FN2OS/c1-13-11-20-18(23-13)15-6-4-10-21(12-15)17(22)9-8-14-5-2-3-7-16(14)19/h2-3,5,7,11,15H,4,6,8-10,12H2,1H3/t15-/m1/s1. The van der Waals surface area contributed by atoms with Crippen molar-refractivity contribution in [3.05, 3.63) is 51.7 Å². The second kappa shape index (κ2) is 7.21. The SMILES string of the molecule is Cc1cnc([C@@H]2CCCN(C(=O)CCc3ccccc3F)C2)s1. The second-order valence-electron chi connectivity index (χ2n) is 6.08. The van der Waals surface area contributed by atoms with Crippen LogP contribution in [-0.4, -0.2) is 28.9 Å². The van der Waals surface area contributed by atoms with E-state index >= 15 is 0 Å². The minimum atomic E-state index is -0.227. The van der Waals surface area contributed by atoms with Crippen molar-refractivity contribution in [3.8, 4) is 0 Å². The number of thiazole rings is 1. The summed E-state index contributed by atoms with van der Waals surface area (Å²) >= 11 is 1.72. The summed E-state index contributed by atoms with van der Waals surface area (Å²) in [6, 6.07) is 6.68. The molecule has 0 aliphatic carbocycles. The molecule has 2 heterocycles. The number of rotatable bonds is 4. The zero-order valence-electron chi connectivity index (χ0n) is 13.3. The number of carbonyl (C=O) groups is 1. The van der Waals surface area contributed by atoms with Gasteiger partial charge in [-0.15, -0.1) is 11.3 Å². The first-order valence-corrected chi connectivity index (χ1v) is 8.88. The molecule has 0 N–H and O–H groups in total. The Kier molecular flexibility index (Phi) is 5.06. The number of benzene rings is 1. The second-order valence-corrected chi connectivity index (χ2v) is 7.35. The van der Waals surface area contributed by atoms with Crippen molar-refractivity contribution < 1.29 is 9.18 Å². The zero-order chi connectivity index (χ0) is 16.2. The Labute approximate surface area is 140 Å². The lowest BCUT2D eigenvalue weighted by atomic mass is 9.98. The van der Waals surface area contributed by atoms with Gasteiger partial charge in [-0.1, -0.05) is 18.2 Å². The summed E-state index contributed by atoms with van der Waals surface area (Å²) in [6.45, 7) is 3.60. The van der Waals surface area contributed by atoms with E-state index in [-0.39, 0.29) is 11.7 Å². The molecule has 1 aromatic carbocycles. The van der Waals surface area contributed by atoms with Gasteiger partial charge in [0, 0.05) is 36.5 Å². The van der Waals surface area contributed by atoms with Crippen LogP contribution in [0.5, 0.6) is 0 Å². The van der Waals surface area contributed by atoms with Gasteiger partial charge in [-0.3, -0.25) is 4.79 Å². The largest absolute Gasteiger partial charge is 0.342 e. The van der Waals surface area contributed by atoms with Gasteiger partial charge < -0.3 is 4.90 Å². The summed E-state index contributed by atoms with van der Waals surface area (Å²) < 4.78 is 13.6. The van der Waals surface area contributed by atoms with Crippen LogP contribution in [0.3, 0.4) is 0 Å². The van der Waals surface area contributed by atoms with Gasteiger partial charge in [-0.25, -0.2) is 9.37 Å². The molecule has 1 atom stereocenters. The summed E-state index contributed by atoms with van der Waals surface area (Å²) in [7, 11) is 0. The van der Waals surface area contributed by atoms with E-state index in [0.717, 1.165) is 30.9 Å². The predicted octanol–water partition coefficient (Wildman–Crippen LogP) is 3.93. The van der Waals surface area contributed by atoms with E-state index in [2.05, 4.69) is 11.9 Å². The van der Waals surface area contributed by atoms with Crippen LogP contribution in [0.15, 0.2) is 30.5 Å². The lowest BCUT2D eigenvalue weighted by Gasteiger charge is -2.32. The molecule has 5 heteroatoms. The number of halogens is 1. The number of nitrogens with zero attached hydrogens (tertiary/aromatic N) is 2. The number of likely N-dealkylation sites (tertiary alicyclic amines) is 1. The minimum Gasteiger partial charge on any atom is -0.342 e. The van der Waals surface area contributed by atoms with Crippen molar-refractivity contribution >= 4 is 17.2 Å². The summed E-state index contributed by atoms with van der Waals surface area (Å²) in [5, 5.41) is 1.13. The number of hydrogen-bond acceptors (Lipinski definition) is 3. The summed E-state index contributed by atoms with van der Waals surface area (Å²) in [4.78, 5) is 20.1. The van der Waals surface area contributed by atoms with E-state index in [4.69, 9.17) is 0 Å². The molecular weight excluding hydrogens is 311 g/mol. The summed E-state index contributed by atoms with van der Waals surface area (Å²) in [6.07, 6.45) is 4.82. The molecule has 122 valence electrons. The van der Waals surface area contributed by atoms with Crippen molar-refractivity contribution in [2.24, 2.45) is 0 Å². The highest BCUT2D eigenvalue weighted by atomic mass is 32.1. The van der Waals surface area contributed by atoms with Crippen LogP contribution in [0.1, 0.15) is 40.6 Å². The van der Waals surface area contributed by atoms with E-state index in [1.54, 1.807) is 23.5 Å². The molecule has 0 saturated carbocycles. The molecule has 1 fully saturated rings. The maximum atomic E-state index is 13.6. The van der Waals surface area contributed by atoms with Crippen LogP contribution in [0.25, 0.3) is 0 Å². The third kappa shape index (κ3) is 3.96. The monoisotopic (exact) mass is 332 g/mol. The molecule has 3 rings (SSSR count). The lowest BCUT2D eigenvalue weighted by Crippen LogP contribution is -2.39. The number of piperidine rings is 1. The molecule has 1 amide bonds. The van der Waals surface area contributed by atoms with Crippen molar-refractivity contribution in [1.29, 1.82) is 0 Å². The van der Waals surface area contributed by atoms with E-state index in [1.165, 1.54) is 10.9 Å².